The minimum absolute atomic E-state index is 0.0461. The number of piperidine rings is 1. The molecule has 4 rings (SSSR count). The Labute approximate surface area is 171 Å². The third-order valence-corrected chi connectivity index (χ3v) is 5.73. The van der Waals surface area contributed by atoms with E-state index in [2.05, 4.69) is 38.2 Å². The number of carbonyl (C=O) groups excluding carboxylic acids is 1. The van der Waals surface area contributed by atoms with Crippen LogP contribution in [0.15, 0.2) is 36.5 Å². The highest BCUT2D eigenvalue weighted by Gasteiger charge is 2.27. The van der Waals surface area contributed by atoms with Crippen molar-refractivity contribution in [2.24, 2.45) is 5.92 Å². The van der Waals surface area contributed by atoms with E-state index < -0.39 is 0 Å². The van der Waals surface area contributed by atoms with E-state index >= 15 is 0 Å². The summed E-state index contributed by atoms with van der Waals surface area (Å²) in [6.07, 6.45) is 4.62. The van der Waals surface area contributed by atoms with Gasteiger partial charge in [-0.15, -0.1) is 0 Å². The van der Waals surface area contributed by atoms with Crippen molar-refractivity contribution in [3.05, 3.63) is 53.5 Å². The van der Waals surface area contributed by atoms with Gasteiger partial charge in [-0.25, -0.2) is 15.0 Å². The average molecular weight is 390 g/mol. The third-order valence-electron chi connectivity index (χ3n) is 5.73. The van der Waals surface area contributed by atoms with E-state index in [9.17, 15) is 4.79 Å². The molecule has 6 nitrogen and oxygen atoms in total. The summed E-state index contributed by atoms with van der Waals surface area (Å²) in [6, 6.07) is 10.1. The van der Waals surface area contributed by atoms with Crippen molar-refractivity contribution >= 4 is 28.4 Å². The lowest BCUT2D eigenvalue weighted by molar-refractivity contribution is -0.120. The van der Waals surface area contributed by atoms with Crippen LogP contribution in [0.4, 0.5) is 11.4 Å². The van der Waals surface area contributed by atoms with Gasteiger partial charge in [0, 0.05) is 18.8 Å². The van der Waals surface area contributed by atoms with Crippen molar-refractivity contribution in [2.45, 2.75) is 40.0 Å². The molecule has 0 aliphatic carbocycles. The summed E-state index contributed by atoms with van der Waals surface area (Å²) in [4.78, 5) is 28.8. The van der Waals surface area contributed by atoms with E-state index in [1.165, 1.54) is 0 Å². The van der Waals surface area contributed by atoms with Crippen LogP contribution in [-0.4, -0.2) is 33.9 Å². The van der Waals surface area contributed by atoms with Gasteiger partial charge in [-0.2, -0.15) is 0 Å². The number of rotatable bonds is 4. The maximum absolute atomic E-state index is 12.9. The number of hydrogen-bond acceptors (Lipinski definition) is 5. The first kappa shape index (κ1) is 19.3. The van der Waals surface area contributed by atoms with Gasteiger partial charge in [-0.1, -0.05) is 25.1 Å². The number of hydrogen-bond donors (Lipinski definition) is 1. The minimum atomic E-state index is -0.0461. The molecule has 1 unspecified atom stereocenters. The fraction of sp³-hybridized carbons (Fsp3) is 0.391. The van der Waals surface area contributed by atoms with Crippen LogP contribution in [0, 0.1) is 19.8 Å². The topological polar surface area (TPSA) is 71.0 Å². The molecule has 1 amide bonds. The highest BCUT2D eigenvalue weighted by Crippen LogP contribution is 2.26. The first-order valence-corrected chi connectivity index (χ1v) is 10.3. The number of nitrogens with zero attached hydrogens (tertiary/aromatic N) is 4. The molecule has 3 aromatic rings. The molecule has 1 aromatic carbocycles. The van der Waals surface area contributed by atoms with E-state index in [1.807, 2.05) is 44.3 Å². The quantitative estimate of drug-likeness (QED) is 0.729. The standard InChI is InChI=1S/C23H27N5O/c1-4-17-8-5-6-10-20(17)27-23(29)18-9-7-11-28(14-18)19-12-21-22(24-13-19)26-16(3)15(2)25-21/h5-6,8,10,12-13,18H,4,7,9,11,14H2,1-3H3,(H,27,29). The van der Waals surface area contributed by atoms with Crippen LogP contribution in [0.1, 0.15) is 36.7 Å². The van der Waals surface area contributed by atoms with Crippen molar-refractivity contribution in [1.29, 1.82) is 0 Å². The van der Waals surface area contributed by atoms with E-state index in [1.54, 1.807) is 0 Å². The lowest BCUT2D eigenvalue weighted by atomic mass is 9.96. The van der Waals surface area contributed by atoms with Gasteiger partial charge in [-0.3, -0.25) is 4.79 Å². The Balaban J connectivity index is 1.51. The van der Waals surface area contributed by atoms with Crippen molar-refractivity contribution in [3.8, 4) is 0 Å². The Hall–Kier alpha value is -3.02. The number of aryl methyl sites for hydroxylation is 3. The van der Waals surface area contributed by atoms with Gasteiger partial charge in [0.25, 0.3) is 0 Å². The molecule has 0 spiro atoms. The highest BCUT2D eigenvalue weighted by molar-refractivity contribution is 5.93. The van der Waals surface area contributed by atoms with Crippen LogP contribution in [0.3, 0.4) is 0 Å². The first-order valence-electron chi connectivity index (χ1n) is 10.3. The zero-order valence-electron chi connectivity index (χ0n) is 17.3. The molecule has 1 fully saturated rings. The fourth-order valence-corrected chi connectivity index (χ4v) is 3.89. The molecule has 0 radical (unpaired) electrons. The molecule has 1 saturated heterocycles. The van der Waals surface area contributed by atoms with E-state index in [4.69, 9.17) is 0 Å². The molecule has 0 bridgehead atoms. The third kappa shape index (κ3) is 4.06. The van der Waals surface area contributed by atoms with Gasteiger partial charge in [0.1, 0.15) is 5.52 Å². The predicted octanol–water partition coefficient (Wildman–Crippen LogP) is 4.06. The first-order chi connectivity index (χ1) is 14.0. The molecule has 1 aliphatic rings. The largest absolute Gasteiger partial charge is 0.369 e. The van der Waals surface area contributed by atoms with Crippen LogP contribution in [0.2, 0.25) is 0 Å². The second kappa shape index (κ2) is 8.15. The average Bonchev–Trinajstić information content (AvgIpc) is 2.74. The smallest absolute Gasteiger partial charge is 0.229 e. The second-order valence-corrected chi connectivity index (χ2v) is 7.72. The van der Waals surface area contributed by atoms with E-state index in [0.717, 1.165) is 59.7 Å². The molecular formula is C23H27N5O. The molecule has 6 heteroatoms. The summed E-state index contributed by atoms with van der Waals surface area (Å²) < 4.78 is 0. The number of aromatic nitrogens is 3. The van der Waals surface area contributed by atoms with E-state index in [-0.39, 0.29) is 11.8 Å². The van der Waals surface area contributed by atoms with E-state index in [0.29, 0.717) is 12.2 Å². The number of carbonyl (C=O) groups is 1. The van der Waals surface area contributed by atoms with Gasteiger partial charge < -0.3 is 10.2 Å². The molecular weight excluding hydrogens is 362 g/mol. The lowest BCUT2D eigenvalue weighted by Crippen LogP contribution is -2.40. The molecule has 2 aromatic heterocycles. The summed E-state index contributed by atoms with van der Waals surface area (Å²) in [5, 5.41) is 3.14. The van der Waals surface area contributed by atoms with Crippen molar-refractivity contribution < 1.29 is 4.79 Å². The Morgan fingerprint density at radius 3 is 2.83 bits per heavy atom. The number of nitrogens with one attached hydrogen (secondary N) is 1. The number of para-hydroxylation sites is 1. The van der Waals surface area contributed by atoms with Gasteiger partial charge in [0.15, 0.2) is 5.65 Å². The Morgan fingerprint density at radius 2 is 2.00 bits per heavy atom. The zero-order chi connectivity index (χ0) is 20.4. The van der Waals surface area contributed by atoms with Crippen LogP contribution in [0.25, 0.3) is 11.2 Å². The van der Waals surface area contributed by atoms with Crippen molar-refractivity contribution in [3.63, 3.8) is 0 Å². The van der Waals surface area contributed by atoms with Gasteiger partial charge >= 0.3 is 0 Å². The number of pyridine rings is 1. The summed E-state index contributed by atoms with van der Waals surface area (Å²) in [5.41, 5.74) is 6.37. The summed E-state index contributed by atoms with van der Waals surface area (Å²) in [6.45, 7) is 7.62. The van der Waals surface area contributed by atoms with Gasteiger partial charge in [-0.05, 0) is 50.8 Å². The summed E-state index contributed by atoms with van der Waals surface area (Å²) in [5.74, 6) is 0.0470. The normalized spacial score (nSPS) is 16.8. The van der Waals surface area contributed by atoms with Crippen LogP contribution in [-0.2, 0) is 11.2 Å². The number of amides is 1. The van der Waals surface area contributed by atoms with Crippen LogP contribution < -0.4 is 10.2 Å². The second-order valence-electron chi connectivity index (χ2n) is 7.72. The summed E-state index contributed by atoms with van der Waals surface area (Å²) in [7, 11) is 0. The minimum Gasteiger partial charge on any atom is -0.369 e. The Bertz CT molecular complexity index is 1050. The molecule has 150 valence electrons. The van der Waals surface area contributed by atoms with Gasteiger partial charge in [0.05, 0.1) is 29.2 Å². The molecule has 1 aliphatic heterocycles. The highest BCUT2D eigenvalue weighted by atomic mass is 16.1. The SMILES string of the molecule is CCc1ccccc1NC(=O)C1CCCN(c2cnc3nc(C)c(C)nc3c2)C1. The van der Waals surface area contributed by atoms with Gasteiger partial charge in [0.2, 0.25) is 5.91 Å². The maximum Gasteiger partial charge on any atom is 0.229 e. The lowest BCUT2D eigenvalue weighted by Gasteiger charge is -2.33. The molecule has 1 N–H and O–H groups in total. The Morgan fingerprint density at radius 1 is 1.21 bits per heavy atom. The maximum atomic E-state index is 12.9. The predicted molar refractivity (Wildman–Crippen MR) is 116 cm³/mol. The van der Waals surface area contributed by atoms with Crippen LogP contribution >= 0.6 is 0 Å². The molecule has 3 heterocycles. The zero-order valence-corrected chi connectivity index (χ0v) is 17.3. The van der Waals surface area contributed by atoms with Crippen molar-refractivity contribution in [1.82, 2.24) is 15.0 Å². The summed E-state index contributed by atoms with van der Waals surface area (Å²) >= 11 is 0. The number of anilines is 2. The monoisotopic (exact) mass is 389 g/mol. The number of benzene rings is 1. The number of fused-ring (bicyclic) bond motifs is 1. The van der Waals surface area contributed by atoms with Crippen molar-refractivity contribution in [2.75, 3.05) is 23.3 Å². The molecule has 29 heavy (non-hydrogen) atoms. The molecule has 0 saturated carbocycles. The Kier molecular flexibility index (Phi) is 5.43. The van der Waals surface area contributed by atoms with Crippen LogP contribution in [0.5, 0.6) is 0 Å². The molecule has 1 atom stereocenters. The fourth-order valence-electron chi connectivity index (χ4n) is 3.89.